The van der Waals surface area contributed by atoms with Gasteiger partial charge >= 0.3 is 0 Å². The van der Waals surface area contributed by atoms with Crippen molar-refractivity contribution in [2.24, 2.45) is 0 Å². The first-order valence-corrected chi connectivity index (χ1v) is 7.84. The van der Waals surface area contributed by atoms with Gasteiger partial charge in [-0.2, -0.15) is 4.31 Å². The van der Waals surface area contributed by atoms with Gasteiger partial charge in [-0.1, -0.05) is 0 Å². The lowest BCUT2D eigenvalue weighted by atomic mass is 10.2. The number of nitrogens with one attached hydrogen (secondary N) is 1. The molecule has 1 saturated heterocycles. The molecule has 1 atom stereocenters. The number of sulfonamides is 1. The predicted octanol–water partition coefficient (Wildman–Crippen LogP) is 1.49. The van der Waals surface area contributed by atoms with Gasteiger partial charge in [-0.05, 0) is 44.2 Å². The average Bonchev–Trinajstić information content (AvgIpc) is 2.88. The number of hydrogen-bond acceptors (Lipinski definition) is 4. The van der Waals surface area contributed by atoms with E-state index in [0.29, 0.717) is 23.7 Å². The van der Waals surface area contributed by atoms with Crippen molar-refractivity contribution in [3.05, 3.63) is 24.3 Å². The highest BCUT2D eigenvalue weighted by atomic mass is 35.5. The number of nitrogens with zero attached hydrogens (tertiary/aromatic N) is 1. The summed E-state index contributed by atoms with van der Waals surface area (Å²) in [5.41, 5.74) is 0. The van der Waals surface area contributed by atoms with E-state index >= 15 is 0 Å². The van der Waals surface area contributed by atoms with Crippen molar-refractivity contribution < 1.29 is 13.2 Å². The molecule has 7 heteroatoms. The monoisotopic (exact) mass is 320 g/mol. The lowest BCUT2D eigenvalue weighted by Crippen LogP contribution is -2.40. The Kier molecular flexibility index (Phi) is 6.26. The maximum Gasteiger partial charge on any atom is 0.243 e. The van der Waals surface area contributed by atoms with Crippen molar-refractivity contribution in [3.63, 3.8) is 0 Å². The van der Waals surface area contributed by atoms with Gasteiger partial charge in [0.1, 0.15) is 5.75 Å². The van der Waals surface area contributed by atoms with E-state index in [9.17, 15) is 8.42 Å². The van der Waals surface area contributed by atoms with E-state index < -0.39 is 10.0 Å². The fraction of sp³-hybridized carbons (Fsp3) is 0.538. The van der Waals surface area contributed by atoms with E-state index in [4.69, 9.17) is 4.74 Å². The molecule has 0 spiro atoms. The highest BCUT2D eigenvalue weighted by molar-refractivity contribution is 7.89. The van der Waals surface area contributed by atoms with Crippen LogP contribution in [0.4, 0.5) is 0 Å². The molecule has 1 N–H and O–H groups in total. The SMILES string of the molecule is CNCC1CCCN1S(=O)(=O)c1ccc(OC)cc1.Cl. The minimum absolute atomic E-state index is 0. The Balaban J connectivity index is 0.00000200. The summed E-state index contributed by atoms with van der Waals surface area (Å²) in [5.74, 6) is 0.659. The van der Waals surface area contributed by atoms with Crippen molar-refractivity contribution in [3.8, 4) is 5.75 Å². The Bertz CT molecular complexity index is 519. The van der Waals surface area contributed by atoms with Crippen LogP contribution in [0.1, 0.15) is 12.8 Å². The van der Waals surface area contributed by atoms with Gasteiger partial charge in [-0.25, -0.2) is 8.42 Å². The highest BCUT2D eigenvalue weighted by Gasteiger charge is 2.34. The van der Waals surface area contributed by atoms with Crippen LogP contribution in [0, 0.1) is 0 Å². The van der Waals surface area contributed by atoms with Gasteiger partial charge in [0, 0.05) is 19.1 Å². The molecule has 0 saturated carbocycles. The lowest BCUT2D eigenvalue weighted by Gasteiger charge is -2.23. The van der Waals surface area contributed by atoms with Crippen LogP contribution in [0.3, 0.4) is 0 Å². The van der Waals surface area contributed by atoms with Crippen LogP contribution in [0.15, 0.2) is 29.2 Å². The Hall–Kier alpha value is -0.820. The molecule has 0 aliphatic carbocycles. The van der Waals surface area contributed by atoms with Gasteiger partial charge in [0.2, 0.25) is 10.0 Å². The first-order valence-electron chi connectivity index (χ1n) is 6.40. The number of hydrogen-bond donors (Lipinski definition) is 1. The lowest BCUT2D eigenvalue weighted by molar-refractivity contribution is 0.379. The van der Waals surface area contributed by atoms with E-state index in [-0.39, 0.29) is 18.4 Å². The Morgan fingerprint density at radius 2 is 2.00 bits per heavy atom. The smallest absolute Gasteiger partial charge is 0.243 e. The maximum absolute atomic E-state index is 12.6. The summed E-state index contributed by atoms with van der Waals surface area (Å²) in [6.45, 7) is 1.29. The minimum Gasteiger partial charge on any atom is -0.497 e. The van der Waals surface area contributed by atoms with Gasteiger partial charge < -0.3 is 10.1 Å². The van der Waals surface area contributed by atoms with Crippen LogP contribution in [0.5, 0.6) is 5.75 Å². The maximum atomic E-state index is 12.6. The second kappa shape index (κ2) is 7.26. The highest BCUT2D eigenvalue weighted by Crippen LogP contribution is 2.26. The molecule has 0 radical (unpaired) electrons. The van der Waals surface area contributed by atoms with E-state index in [0.717, 1.165) is 12.8 Å². The first kappa shape index (κ1) is 17.2. The molecule has 1 aliphatic heterocycles. The largest absolute Gasteiger partial charge is 0.497 e. The third kappa shape index (κ3) is 3.44. The van der Waals surface area contributed by atoms with Crippen LogP contribution >= 0.6 is 12.4 Å². The molecule has 2 rings (SSSR count). The number of methoxy groups -OCH3 is 1. The summed E-state index contributed by atoms with van der Waals surface area (Å²) in [6.07, 6.45) is 1.83. The predicted molar refractivity (Wildman–Crippen MR) is 81.1 cm³/mol. The standard InChI is InChI=1S/C13H20N2O3S.ClH/c1-14-10-11-4-3-9-15(11)19(16,17)13-7-5-12(18-2)6-8-13;/h5-8,11,14H,3-4,9-10H2,1-2H3;1H. The summed E-state index contributed by atoms with van der Waals surface area (Å²) < 4.78 is 31.8. The molecule has 1 aromatic carbocycles. The number of ether oxygens (including phenoxy) is 1. The summed E-state index contributed by atoms with van der Waals surface area (Å²) in [6, 6.07) is 6.61. The third-order valence-electron chi connectivity index (χ3n) is 3.43. The summed E-state index contributed by atoms with van der Waals surface area (Å²) in [7, 11) is 0.00891. The van der Waals surface area contributed by atoms with Crippen LogP contribution in [-0.2, 0) is 10.0 Å². The summed E-state index contributed by atoms with van der Waals surface area (Å²) in [4.78, 5) is 0.330. The van der Waals surface area contributed by atoms with Crippen molar-refractivity contribution in [2.45, 2.75) is 23.8 Å². The van der Waals surface area contributed by atoms with Gasteiger partial charge in [0.15, 0.2) is 0 Å². The van der Waals surface area contributed by atoms with Crippen molar-refractivity contribution in [1.29, 1.82) is 0 Å². The zero-order valence-electron chi connectivity index (χ0n) is 11.7. The molecule has 1 unspecified atom stereocenters. The molecule has 20 heavy (non-hydrogen) atoms. The topological polar surface area (TPSA) is 58.6 Å². The van der Waals surface area contributed by atoms with Gasteiger partial charge in [0.05, 0.1) is 12.0 Å². The molecule has 1 fully saturated rings. The number of benzene rings is 1. The molecule has 0 aromatic heterocycles. The normalized spacial score (nSPS) is 19.6. The van der Waals surface area contributed by atoms with E-state index in [1.54, 1.807) is 35.7 Å². The van der Waals surface area contributed by atoms with Crippen LogP contribution in [-0.4, -0.2) is 46.0 Å². The molecule has 1 aromatic rings. The number of likely N-dealkylation sites (N-methyl/N-ethyl adjacent to an activating group) is 1. The van der Waals surface area contributed by atoms with Crippen molar-refractivity contribution >= 4 is 22.4 Å². The Morgan fingerprint density at radius 3 is 2.55 bits per heavy atom. The molecule has 0 amide bonds. The molecule has 114 valence electrons. The summed E-state index contributed by atoms with van der Waals surface area (Å²) >= 11 is 0. The number of rotatable bonds is 5. The van der Waals surface area contributed by atoms with Crippen LogP contribution in [0.25, 0.3) is 0 Å². The molecule has 0 bridgehead atoms. The fourth-order valence-corrected chi connectivity index (χ4v) is 4.14. The van der Waals surface area contributed by atoms with Gasteiger partial charge in [-0.15, -0.1) is 12.4 Å². The van der Waals surface area contributed by atoms with E-state index in [1.807, 2.05) is 7.05 Å². The van der Waals surface area contributed by atoms with E-state index in [1.165, 1.54) is 0 Å². The minimum atomic E-state index is -3.40. The van der Waals surface area contributed by atoms with Crippen molar-refractivity contribution in [1.82, 2.24) is 9.62 Å². The van der Waals surface area contributed by atoms with Crippen LogP contribution in [0.2, 0.25) is 0 Å². The van der Waals surface area contributed by atoms with E-state index in [2.05, 4.69) is 5.32 Å². The van der Waals surface area contributed by atoms with Gasteiger partial charge in [0.25, 0.3) is 0 Å². The molecular weight excluding hydrogens is 300 g/mol. The van der Waals surface area contributed by atoms with Crippen LogP contribution < -0.4 is 10.1 Å². The zero-order chi connectivity index (χ0) is 13.9. The Morgan fingerprint density at radius 1 is 1.35 bits per heavy atom. The first-order chi connectivity index (χ1) is 9.09. The second-order valence-corrected chi connectivity index (χ2v) is 6.54. The Labute approximate surface area is 126 Å². The average molecular weight is 321 g/mol. The fourth-order valence-electron chi connectivity index (χ4n) is 2.45. The quantitative estimate of drug-likeness (QED) is 0.893. The zero-order valence-corrected chi connectivity index (χ0v) is 13.3. The molecule has 5 nitrogen and oxygen atoms in total. The number of halogens is 1. The molecular formula is C13H21ClN2O3S. The molecule has 1 heterocycles. The van der Waals surface area contributed by atoms with Gasteiger partial charge in [-0.3, -0.25) is 0 Å². The molecule has 1 aliphatic rings. The third-order valence-corrected chi connectivity index (χ3v) is 5.39. The van der Waals surface area contributed by atoms with Crippen molar-refractivity contribution in [2.75, 3.05) is 27.2 Å². The second-order valence-electron chi connectivity index (χ2n) is 4.65. The summed E-state index contributed by atoms with van der Waals surface area (Å²) in [5, 5.41) is 3.06.